The number of hydrogen-bond acceptors (Lipinski definition) is 8. The highest BCUT2D eigenvalue weighted by Crippen LogP contribution is 2.37. The Labute approximate surface area is 202 Å². The van der Waals surface area contributed by atoms with E-state index in [2.05, 4.69) is 31.9 Å². The first-order valence-electron chi connectivity index (χ1n) is 12.0. The van der Waals surface area contributed by atoms with E-state index in [1.54, 1.807) is 7.05 Å². The first-order valence-corrected chi connectivity index (χ1v) is 12.0. The number of hydrogen-bond donors (Lipinski definition) is 4. The minimum absolute atomic E-state index is 0.141. The second kappa shape index (κ2) is 9.95. The van der Waals surface area contributed by atoms with Crippen molar-refractivity contribution >= 4 is 11.5 Å². The number of rotatable bonds is 7. The van der Waals surface area contributed by atoms with Gasteiger partial charge in [0.05, 0.1) is 17.3 Å². The van der Waals surface area contributed by atoms with Gasteiger partial charge in [0.15, 0.2) is 0 Å². The number of benzene rings is 1. The summed E-state index contributed by atoms with van der Waals surface area (Å²) in [6, 6.07) is 7.41. The van der Waals surface area contributed by atoms with E-state index in [1.807, 2.05) is 50.6 Å². The molecule has 9 heteroatoms. The number of nitriles is 1. The van der Waals surface area contributed by atoms with Gasteiger partial charge in [0.2, 0.25) is 5.91 Å². The molecular formula is C25H36N8O. The van der Waals surface area contributed by atoms with Crippen LogP contribution in [-0.2, 0) is 11.3 Å². The third-order valence-corrected chi connectivity index (χ3v) is 7.29. The SMILES string of the molecule is CNC(C(=O)NCc1cc(C#N)cc(C2=CN(C)NC2)c1)C1=C(N)N(C)C(C2CCCC2)N1C. The third-order valence-electron chi connectivity index (χ3n) is 7.29. The van der Waals surface area contributed by atoms with E-state index in [0.717, 1.165) is 22.4 Å². The van der Waals surface area contributed by atoms with Gasteiger partial charge in [-0.15, -0.1) is 0 Å². The number of nitrogens with two attached hydrogens (primary N) is 1. The van der Waals surface area contributed by atoms with E-state index >= 15 is 0 Å². The topological polar surface area (TPSA) is 113 Å². The Morgan fingerprint density at radius 1 is 1.24 bits per heavy atom. The van der Waals surface area contributed by atoms with Gasteiger partial charge in [0.1, 0.15) is 18.0 Å². The molecule has 0 saturated heterocycles. The van der Waals surface area contributed by atoms with Crippen molar-refractivity contribution in [2.75, 3.05) is 34.7 Å². The Balaban J connectivity index is 1.49. The Kier molecular flexibility index (Phi) is 7.00. The maximum Gasteiger partial charge on any atom is 0.243 e. The fourth-order valence-electron chi connectivity index (χ4n) is 5.58. The molecule has 0 bridgehead atoms. The van der Waals surface area contributed by atoms with Crippen molar-refractivity contribution < 1.29 is 4.79 Å². The number of amides is 1. The summed E-state index contributed by atoms with van der Waals surface area (Å²) in [6.45, 7) is 1.03. The lowest BCUT2D eigenvalue weighted by molar-refractivity contribution is -0.122. The van der Waals surface area contributed by atoms with Crippen molar-refractivity contribution in [3.05, 3.63) is 52.6 Å². The number of likely N-dealkylation sites (N-methyl/N-ethyl adjacent to an activating group) is 2. The van der Waals surface area contributed by atoms with Crippen LogP contribution in [0.1, 0.15) is 42.4 Å². The van der Waals surface area contributed by atoms with Crippen LogP contribution in [0.4, 0.5) is 0 Å². The summed E-state index contributed by atoms with van der Waals surface area (Å²) in [4.78, 5) is 17.6. The van der Waals surface area contributed by atoms with Gasteiger partial charge in [0.25, 0.3) is 0 Å². The average molecular weight is 465 g/mol. The second-order valence-corrected chi connectivity index (χ2v) is 9.52. The van der Waals surface area contributed by atoms with Crippen molar-refractivity contribution in [2.45, 2.75) is 44.4 Å². The lowest BCUT2D eigenvalue weighted by atomic mass is 10.0. The first-order chi connectivity index (χ1) is 16.3. The van der Waals surface area contributed by atoms with Crippen LogP contribution < -0.4 is 21.8 Å². The summed E-state index contributed by atoms with van der Waals surface area (Å²) in [6.07, 6.45) is 7.08. The van der Waals surface area contributed by atoms with Crippen molar-refractivity contribution in [2.24, 2.45) is 11.7 Å². The number of hydrazine groups is 1. The predicted molar refractivity (Wildman–Crippen MR) is 132 cm³/mol. The van der Waals surface area contributed by atoms with Crippen molar-refractivity contribution in [3.63, 3.8) is 0 Å². The molecule has 1 aromatic rings. The quantitative estimate of drug-likeness (QED) is 0.474. The largest absolute Gasteiger partial charge is 0.384 e. The maximum absolute atomic E-state index is 13.3. The van der Waals surface area contributed by atoms with E-state index < -0.39 is 6.04 Å². The smallest absolute Gasteiger partial charge is 0.243 e. The minimum Gasteiger partial charge on any atom is -0.384 e. The zero-order valence-electron chi connectivity index (χ0n) is 20.6. The molecule has 1 saturated carbocycles. The lowest BCUT2D eigenvalue weighted by Gasteiger charge is -2.35. The molecule has 2 atom stereocenters. The molecule has 1 aromatic carbocycles. The highest BCUT2D eigenvalue weighted by molar-refractivity contribution is 5.85. The lowest BCUT2D eigenvalue weighted by Crippen LogP contribution is -2.49. The number of carbonyl (C=O) groups is 1. The standard InChI is InChI=1S/C25H36N8O/c1-28-21(22-23(27)33(4)25(32(22)3)18-7-5-6-8-18)24(34)29-13-17-9-16(12-26)10-19(11-17)20-14-30-31(2)15-20/h9-11,15,18,21,25,28,30H,5-8,13-14,27H2,1-4H3,(H,29,34). The zero-order valence-corrected chi connectivity index (χ0v) is 20.6. The molecule has 2 heterocycles. The molecule has 1 fully saturated rings. The van der Waals surface area contributed by atoms with Gasteiger partial charge in [-0.1, -0.05) is 12.8 Å². The Bertz CT molecular complexity index is 1040. The minimum atomic E-state index is -0.562. The highest BCUT2D eigenvalue weighted by atomic mass is 16.2. The van der Waals surface area contributed by atoms with E-state index in [4.69, 9.17) is 5.73 Å². The fourth-order valence-corrected chi connectivity index (χ4v) is 5.58. The average Bonchev–Trinajstić information content (AvgIpc) is 3.56. The van der Waals surface area contributed by atoms with Crippen LogP contribution in [0.3, 0.4) is 0 Å². The highest BCUT2D eigenvalue weighted by Gasteiger charge is 2.42. The van der Waals surface area contributed by atoms with Gasteiger partial charge < -0.3 is 31.2 Å². The second-order valence-electron chi connectivity index (χ2n) is 9.52. The summed E-state index contributed by atoms with van der Waals surface area (Å²) in [5, 5.41) is 17.6. The van der Waals surface area contributed by atoms with Crippen molar-refractivity contribution in [1.29, 1.82) is 5.26 Å². The van der Waals surface area contributed by atoms with Crippen molar-refractivity contribution in [3.8, 4) is 6.07 Å². The molecule has 4 rings (SSSR count). The van der Waals surface area contributed by atoms with E-state index in [0.29, 0.717) is 30.4 Å². The van der Waals surface area contributed by atoms with Crippen LogP contribution in [0.2, 0.25) is 0 Å². The Hall–Kier alpha value is -3.22. The molecule has 34 heavy (non-hydrogen) atoms. The molecule has 1 aliphatic carbocycles. The summed E-state index contributed by atoms with van der Waals surface area (Å²) < 4.78 is 0. The van der Waals surface area contributed by atoms with E-state index in [-0.39, 0.29) is 12.1 Å². The zero-order chi connectivity index (χ0) is 24.4. The summed E-state index contributed by atoms with van der Waals surface area (Å²) >= 11 is 0. The van der Waals surface area contributed by atoms with Crippen LogP contribution in [0.5, 0.6) is 0 Å². The van der Waals surface area contributed by atoms with Gasteiger partial charge in [-0.3, -0.25) is 4.79 Å². The van der Waals surface area contributed by atoms with Gasteiger partial charge >= 0.3 is 0 Å². The molecule has 182 valence electrons. The number of nitrogens with zero attached hydrogens (tertiary/aromatic N) is 4. The number of nitrogens with one attached hydrogen (secondary N) is 3. The molecule has 9 nitrogen and oxygen atoms in total. The fraction of sp³-hybridized carbons (Fsp3) is 0.520. The van der Waals surface area contributed by atoms with Crippen LogP contribution >= 0.6 is 0 Å². The third kappa shape index (κ3) is 4.56. The Morgan fingerprint density at radius 2 is 1.97 bits per heavy atom. The van der Waals surface area contributed by atoms with Gasteiger partial charge in [0, 0.05) is 40.4 Å². The summed E-state index contributed by atoms with van der Waals surface area (Å²) in [7, 11) is 7.78. The molecule has 0 spiro atoms. The van der Waals surface area contributed by atoms with Crippen LogP contribution in [-0.4, -0.2) is 67.7 Å². The summed E-state index contributed by atoms with van der Waals surface area (Å²) in [5.74, 6) is 1.06. The van der Waals surface area contributed by atoms with E-state index in [9.17, 15) is 10.1 Å². The maximum atomic E-state index is 13.3. The molecule has 5 N–H and O–H groups in total. The molecular weight excluding hydrogens is 428 g/mol. The van der Waals surface area contributed by atoms with Crippen molar-refractivity contribution in [1.82, 2.24) is 30.9 Å². The van der Waals surface area contributed by atoms with Crippen LogP contribution in [0, 0.1) is 17.2 Å². The van der Waals surface area contributed by atoms with Crippen LogP contribution in [0.25, 0.3) is 5.57 Å². The van der Waals surface area contributed by atoms with Gasteiger partial charge in [-0.2, -0.15) is 5.26 Å². The first kappa shape index (κ1) is 23.9. The van der Waals surface area contributed by atoms with E-state index in [1.165, 1.54) is 25.7 Å². The summed E-state index contributed by atoms with van der Waals surface area (Å²) in [5.41, 5.74) is 14.1. The van der Waals surface area contributed by atoms with Crippen LogP contribution in [0.15, 0.2) is 35.9 Å². The molecule has 0 aromatic heterocycles. The monoisotopic (exact) mass is 464 g/mol. The van der Waals surface area contributed by atoms with Gasteiger partial charge in [-0.05, 0) is 60.7 Å². The molecule has 2 aliphatic heterocycles. The van der Waals surface area contributed by atoms with Gasteiger partial charge in [-0.25, -0.2) is 5.43 Å². The molecule has 0 radical (unpaired) electrons. The predicted octanol–water partition coefficient (Wildman–Crippen LogP) is 1.07. The molecule has 2 unspecified atom stereocenters. The molecule has 3 aliphatic rings. The number of carbonyl (C=O) groups excluding carboxylic acids is 1. The normalized spacial score (nSPS) is 21.8. The molecule has 1 amide bonds. The Morgan fingerprint density at radius 3 is 2.59 bits per heavy atom.